The van der Waals surface area contributed by atoms with E-state index in [0.29, 0.717) is 5.41 Å². The molecule has 0 heterocycles. The van der Waals surface area contributed by atoms with Crippen molar-refractivity contribution in [3.8, 4) is 0 Å². The van der Waals surface area contributed by atoms with E-state index >= 15 is 0 Å². The smallest absolute Gasteiger partial charge is 0.0295 e. The van der Waals surface area contributed by atoms with Gasteiger partial charge in [-0.1, -0.05) is 27.7 Å². The van der Waals surface area contributed by atoms with Gasteiger partial charge in [0.25, 0.3) is 0 Å². The Kier molecular flexibility index (Phi) is 2.89. The van der Waals surface area contributed by atoms with E-state index in [-0.39, 0.29) is 0 Å². The predicted molar refractivity (Wildman–Crippen MR) is 59.6 cm³/mol. The number of hydrogen-bond donors (Lipinski definition) is 0. The second kappa shape index (κ2) is 3.48. The van der Waals surface area contributed by atoms with E-state index in [4.69, 9.17) is 0 Å². The van der Waals surface area contributed by atoms with Gasteiger partial charge in [0, 0.05) is 0 Å². The van der Waals surface area contributed by atoms with Gasteiger partial charge in [-0.2, -0.15) is 0 Å². The minimum atomic E-state index is 0.686. The molecule has 4 atom stereocenters. The number of fused-ring (bicyclic) bond motifs is 2. The topological polar surface area (TPSA) is 0 Å². The summed E-state index contributed by atoms with van der Waals surface area (Å²) in [5.41, 5.74) is 0.686. The molecule has 0 aromatic heterocycles. The fourth-order valence-electron chi connectivity index (χ4n) is 3.41. The van der Waals surface area contributed by atoms with Crippen molar-refractivity contribution in [2.24, 2.45) is 29.1 Å². The highest BCUT2D eigenvalue weighted by atomic mass is 14.6. The van der Waals surface area contributed by atoms with Crippen molar-refractivity contribution in [2.75, 3.05) is 0 Å². The van der Waals surface area contributed by atoms with E-state index < -0.39 is 0 Å². The molecule has 0 N–H and O–H groups in total. The van der Waals surface area contributed by atoms with E-state index in [1.807, 2.05) is 0 Å². The van der Waals surface area contributed by atoms with E-state index in [1.54, 1.807) is 0 Å². The molecule has 3 aliphatic carbocycles. The van der Waals surface area contributed by atoms with E-state index in [0.717, 1.165) is 23.7 Å². The molecular weight excluding hydrogens is 156 g/mol. The molecule has 0 saturated heterocycles. The van der Waals surface area contributed by atoms with Gasteiger partial charge < -0.3 is 0 Å². The first-order valence-electron chi connectivity index (χ1n) is 5.53. The number of hydrogen-bond acceptors (Lipinski definition) is 0. The lowest BCUT2D eigenvalue weighted by Gasteiger charge is -2.61. The highest BCUT2D eigenvalue weighted by molar-refractivity contribution is 5.03. The van der Waals surface area contributed by atoms with Crippen LogP contribution in [-0.4, -0.2) is 0 Å². The molecule has 0 nitrogen and oxygen atoms in total. The van der Waals surface area contributed by atoms with Gasteiger partial charge in [0.05, 0.1) is 0 Å². The lowest BCUT2D eigenvalue weighted by Crippen LogP contribution is -2.54. The maximum Gasteiger partial charge on any atom is -0.0295 e. The summed E-state index contributed by atoms with van der Waals surface area (Å²) < 4.78 is 0. The zero-order chi connectivity index (χ0) is 10.2. The van der Waals surface area contributed by atoms with Crippen molar-refractivity contribution in [3.05, 3.63) is 13.2 Å². The molecule has 0 radical (unpaired) electrons. The van der Waals surface area contributed by atoms with Crippen LogP contribution in [-0.2, 0) is 0 Å². The largest absolute Gasteiger partial charge is 0.106 e. The van der Waals surface area contributed by atoms with Gasteiger partial charge in [0.2, 0.25) is 0 Å². The van der Waals surface area contributed by atoms with Crippen LogP contribution in [0.25, 0.3) is 0 Å². The third-order valence-corrected chi connectivity index (χ3v) is 4.73. The maximum atomic E-state index is 3.00. The molecule has 0 aliphatic heterocycles. The number of rotatable bonds is 0. The van der Waals surface area contributed by atoms with Crippen LogP contribution < -0.4 is 0 Å². The first kappa shape index (κ1) is 10.8. The molecular formula is C13H24. The Morgan fingerprint density at radius 1 is 1.08 bits per heavy atom. The van der Waals surface area contributed by atoms with Crippen molar-refractivity contribution in [2.45, 2.75) is 40.5 Å². The molecule has 3 saturated carbocycles. The van der Waals surface area contributed by atoms with Gasteiger partial charge >= 0.3 is 0 Å². The monoisotopic (exact) mass is 180 g/mol. The second-order valence-electron chi connectivity index (χ2n) is 5.43. The van der Waals surface area contributed by atoms with Gasteiger partial charge in [0.15, 0.2) is 0 Å². The van der Waals surface area contributed by atoms with Gasteiger partial charge in [-0.3, -0.25) is 0 Å². The summed E-state index contributed by atoms with van der Waals surface area (Å²) in [5, 5.41) is 0. The van der Waals surface area contributed by atoms with Crippen LogP contribution in [0.2, 0.25) is 0 Å². The van der Waals surface area contributed by atoms with Crippen molar-refractivity contribution < 1.29 is 0 Å². The Hall–Kier alpha value is -0.260. The van der Waals surface area contributed by atoms with Gasteiger partial charge in [0.1, 0.15) is 0 Å². The molecule has 2 bridgehead atoms. The summed E-state index contributed by atoms with van der Waals surface area (Å²) >= 11 is 0. The van der Waals surface area contributed by atoms with Crippen LogP contribution in [0, 0.1) is 29.1 Å². The second-order valence-corrected chi connectivity index (χ2v) is 5.43. The zero-order valence-electron chi connectivity index (χ0n) is 9.64. The highest BCUT2D eigenvalue weighted by Gasteiger charge is 2.54. The Bertz CT molecular complexity index is 180. The fourth-order valence-corrected chi connectivity index (χ4v) is 3.41. The summed E-state index contributed by atoms with van der Waals surface area (Å²) in [6.45, 7) is 15.8. The van der Waals surface area contributed by atoms with E-state index in [9.17, 15) is 0 Å². The lowest BCUT2D eigenvalue weighted by atomic mass is 9.44. The van der Waals surface area contributed by atoms with Crippen LogP contribution in [0.5, 0.6) is 0 Å². The van der Waals surface area contributed by atoms with E-state index in [2.05, 4.69) is 40.9 Å². The highest BCUT2D eigenvalue weighted by Crippen LogP contribution is 2.62. The summed E-state index contributed by atoms with van der Waals surface area (Å²) in [7, 11) is 0. The van der Waals surface area contributed by atoms with Crippen LogP contribution in [0.4, 0.5) is 0 Å². The molecule has 0 aromatic rings. The molecule has 0 amide bonds. The molecule has 3 fully saturated rings. The molecule has 76 valence electrons. The normalized spacial score (nSPS) is 45.5. The molecule has 3 rings (SSSR count). The molecule has 4 unspecified atom stereocenters. The first-order chi connectivity index (χ1) is 6.03. The van der Waals surface area contributed by atoms with Crippen LogP contribution in [0.15, 0.2) is 13.2 Å². The third-order valence-electron chi connectivity index (χ3n) is 4.73. The maximum absolute atomic E-state index is 3.00. The van der Waals surface area contributed by atoms with Crippen molar-refractivity contribution in [1.82, 2.24) is 0 Å². The Morgan fingerprint density at radius 3 is 1.92 bits per heavy atom. The molecule has 0 heteroatoms. The summed E-state index contributed by atoms with van der Waals surface area (Å²) in [5.74, 6) is 4.07. The van der Waals surface area contributed by atoms with Crippen molar-refractivity contribution in [3.63, 3.8) is 0 Å². The standard InChI is InChI=1S/C11H20.C2H4/c1-7-5-9-6-10(8(7)2)11(9,3)4;1-2/h7-10H,5-6H2,1-4H3;1-2H2. The van der Waals surface area contributed by atoms with Crippen molar-refractivity contribution in [1.29, 1.82) is 0 Å². The Morgan fingerprint density at radius 2 is 1.62 bits per heavy atom. The zero-order valence-corrected chi connectivity index (χ0v) is 9.64. The summed E-state index contributed by atoms with van der Waals surface area (Å²) in [6, 6.07) is 0. The minimum absolute atomic E-state index is 0.686. The van der Waals surface area contributed by atoms with Crippen molar-refractivity contribution >= 4 is 0 Å². The van der Waals surface area contributed by atoms with Crippen LogP contribution in [0.1, 0.15) is 40.5 Å². The molecule has 3 aliphatic rings. The molecule has 0 spiro atoms. The minimum Gasteiger partial charge on any atom is -0.106 e. The third kappa shape index (κ3) is 1.45. The quantitative estimate of drug-likeness (QED) is 0.492. The Balaban J connectivity index is 0.000000396. The Labute approximate surface area is 83.4 Å². The SMILES string of the molecule is C=C.CC1CC2CC(C1C)C2(C)C. The molecule has 0 aromatic carbocycles. The van der Waals surface area contributed by atoms with Crippen LogP contribution in [0.3, 0.4) is 0 Å². The summed E-state index contributed by atoms with van der Waals surface area (Å²) in [6.07, 6.45) is 3.02. The lowest BCUT2D eigenvalue weighted by molar-refractivity contribution is -0.124. The van der Waals surface area contributed by atoms with E-state index in [1.165, 1.54) is 12.8 Å². The molecule has 13 heavy (non-hydrogen) atoms. The fraction of sp³-hybridized carbons (Fsp3) is 0.846. The summed E-state index contributed by atoms with van der Waals surface area (Å²) in [4.78, 5) is 0. The van der Waals surface area contributed by atoms with Gasteiger partial charge in [-0.05, 0) is 41.9 Å². The van der Waals surface area contributed by atoms with Gasteiger partial charge in [-0.15, -0.1) is 13.2 Å². The first-order valence-corrected chi connectivity index (χ1v) is 5.53. The average Bonchev–Trinajstić information content (AvgIpc) is 2.12. The van der Waals surface area contributed by atoms with Gasteiger partial charge in [-0.25, -0.2) is 0 Å². The van der Waals surface area contributed by atoms with Crippen LogP contribution >= 0.6 is 0 Å². The average molecular weight is 180 g/mol. The predicted octanol–water partition coefficient (Wildman–Crippen LogP) is 4.13.